The van der Waals surface area contributed by atoms with Gasteiger partial charge in [0.15, 0.2) is 4.80 Å². The molecule has 43 heavy (non-hydrogen) atoms. The topological polar surface area (TPSA) is 69.9 Å². The average Bonchev–Trinajstić information content (AvgIpc) is 3.33. The number of para-hydroxylation sites is 1. The van der Waals surface area contributed by atoms with Gasteiger partial charge in [-0.15, -0.1) is 11.8 Å². The Balaban J connectivity index is 1.41. The van der Waals surface area contributed by atoms with E-state index in [-0.39, 0.29) is 12.2 Å². The minimum absolute atomic E-state index is 0.221. The number of nitrogens with zero attached hydrogens (tertiary/aromatic N) is 2. The zero-order valence-electron chi connectivity index (χ0n) is 24.1. The monoisotopic (exact) mass is 606 g/mol. The number of rotatable bonds is 8. The van der Waals surface area contributed by atoms with Gasteiger partial charge < -0.3 is 9.47 Å². The second-order valence-corrected chi connectivity index (χ2v) is 11.9. The fourth-order valence-electron chi connectivity index (χ4n) is 5.34. The molecule has 2 heterocycles. The first-order valence-electron chi connectivity index (χ1n) is 14.0. The minimum atomic E-state index is -0.647. The Labute approximate surface area is 257 Å². The predicted molar refractivity (Wildman–Crippen MR) is 173 cm³/mol. The van der Waals surface area contributed by atoms with E-state index in [2.05, 4.69) is 24.3 Å². The number of hydrogen-bond acceptors (Lipinski definition) is 7. The van der Waals surface area contributed by atoms with Crippen LogP contribution in [0, 0.1) is 0 Å². The van der Waals surface area contributed by atoms with Crippen molar-refractivity contribution < 1.29 is 14.3 Å². The van der Waals surface area contributed by atoms with Gasteiger partial charge in [-0.25, -0.2) is 9.79 Å². The first kappa shape index (κ1) is 28.7. The third kappa shape index (κ3) is 5.68. The second kappa shape index (κ2) is 12.5. The summed E-state index contributed by atoms with van der Waals surface area (Å²) in [6.07, 6.45) is 3.86. The van der Waals surface area contributed by atoms with Crippen molar-refractivity contribution in [1.29, 1.82) is 0 Å². The Morgan fingerprint density at radius 3 is 2.53 bits per heavy atom. The summed E-state index contributed by atoms with van der Waals surface area (Å²) < 4.78 is 13.9. The number of thioether (sulfide) groups is 1. The number of esters is 1. The van der Waals surface area contributed by atoms with Crippen LogP contribution in [0.2, 0.25) is 0 Å². The van der Waals surface area contributed by atoms with Crippen LogP contribution in [-0.2, 0) is 16.1 Å². The van der Waals surface area contributed by atoms with Gasteiger partial charge in [-0.1, -0.05) is 84.1 Å². The highest BCUT2D eigenvalue weighted by Gasteiger charge is 2.33. The predicted octanol–water partition coefficient (Wildman–Crippen LogP) is 6.25. The van der Waals surface area contributed by atoms with Crippen molar-refractivity contribution in [2.24, 2.45) is 4.99 Å². The SMILES string of the molecule is CCOC(=O)C1=C(C)N=c2sc(=Cc3ccccc3OCc3cccc4ccccc34)c(=O)n2C1c1ccc(SC)cc1. The van der Waals surface area contributed by atoms with Crippen LogP contribution in [0.25, 0.3) is 16.8 Å². The highest BCUT2D eigenvalue weighted by atomic mass is 32.2. The van der Waals surface area contributed by atoms with Gasteiger partial charge in [0.25, 0.3) is 5.56 Å². The Morgan fingerprint density at radius 2 is 1.74 bits per heavy atom. The maximum Gasteiger partial charge on any atom is 0.338 e. The summed E-state index contributed by atoms with van der Waals surface area (Å²) >= 11 is 2.93. The Morgan fingerprint density at radius 1 is 1.00 bits per heavy atom. The molecule has 8 heteroatoms. The number of carbonyl (C=O) groups is 1. The molecule has 1 aromatic heterocycles. The summed E-state index contributed by atoms with van der Waals surface area (Å²) in [5.74, 6) is 0.207. The lowest BCUT2D eigenvalue weighted by Gasteiger charge is -2.24. The molecular weight excluding hydrogens is 577 g/mol. The lowest BCUT2D eigenvalue weighted by Crippen LogP contribution is -2.39. The van der Waals surface area contributed by atoms with E-state index in [9.17, 15) is 9.59 Å². The first-order chi connectivity index (χ1) is 21.0. The van der Waals surface area contributed by atoms with Gasteiger partial charge in [0.1, 0.15) is 12.4 Å². The number of benzene rings is 4. The first-order valence-corrected chi connectivity index (χ1v) is 16.0. The number of carbonyl (C=O) groups excluding carboxylic acids is 1. The van der Waals surface area contributed by atoms with E-state index in [1.807, 2.05) is 79.1 Å². The molecule has 0 saturated carbocycles. The maximum atomic E-state index is 14.1. The van der Waals surface area contributed by atoms with E-state index < -0.39 is 12.0 Å². The summed E-state index contributed by atoms with van der Waals surface area (Å²) in [6, 6.07) is 29.4. The van der Waals surface area contributed by atoms with Crippen molar-refractivity contribution in [2.45, 2.75) is 31.4 Å². The van der Waals surface area contributed by atoms with E-state index >= 15 is 0 Å². The molecule has 1 aliphatic rings. The fourth-order valence-corrected chi connectivity index (χ4v) is 6.79. The molecule has 1 aliphatic heterocycles. The number of thiazole rings is 1. The molecule has 5 aromatic rings. The molecule has 1 atom stereocenters. The number of hydrogen-bond donors (Lipinski definition) is 0. The molecule has 0 fully saturated rings. The van der Waals surface area contributed by atoms with Crippen molar-refractivity contribution in [1.82, 2.24) is 4.57 Å². The van der Waals surface area contributed by atoms with Crippen LogP contribution in [0.5, 0.6) is 5.75 Å². The molecular formula is C35H30N2O4S2. The Kier molecular flexibility index (Phi) is 8.31. The molecule has 4 aromatic carbocycles. The van der Waals surface area contributed by atoms with E-state index in [0.717, 1.165) is 32.4 Å². The highest BCUT2D eigenvalue weighted by molar-refractivity contribution is 7.98. The third-order valence-electron chi connectivity index (χ3n) is 7.42. The summed E-state index contributed by atoms with van der Waals surface area (Å²) in [7, 11) is 0. The molecule has 0 aliphatic carbocycles. The number of ether oxygens (including phenoxy) is 2. The molecule has 0 amide bonds. The fraction of sp³-hybridized carbons (Fsp3) is 0.171. The third-order valence-corrected chi connectivity index (χ3v) is 9.14. The van der Waals surface area contributed by atoms with Gasteiger partial charge in [-0.2, -0.15) is 0 Å². The van der Waals surface area contributed by atoms with Gasteiger partial charge in [0, 0.05) is 10.5 Å². The van der Waals surface area contributed by atoms with E-state index in [1.165, 1.54) is 11.3 Å². The van der Waals surface area contributed by atoms with E-state index in [0.29, 0.717) is 33.0 Å². The van der Waals surface area contributed by atoms with Crippen LogP contribution < -0.4 is 19.6 Å². The van der Waals surface area contributed by atoms with Gasteiger partial charge >= 0.3 is 5.97 Å². The van der Waals surface area contributed by atoms with Crippen LogP contribution in [0.3, 0.4) is 0 Å². The molecule has 6 rings (SSSR count). The summed E-state index contributed by atoms with van der Waals surface area (Å²) in [5, 5.41) is 2.31. The largest absolute Gasteiger partial charge is 0.488 e. The van der Waals surface area contributed by atoms with Crippen molar-refractivity contribution >= 4 is 45.9 Å². The average molecular weight is 607 g/mol. The van der Waals surface area contributed by atoms with Crippen molar-refractivity contribution in [3.63, 3.8) is 0 Å². The molecule has 0 spiro atoms. The summed E-state index contributed by atoms with van der Waals surface area (Å²) in [4.78, 5) is 33.6. The van der Waals surface area contributed by atoms with Crippen molar-refractivity contribution in [3.05, 3.63) is 139 Å². The molecule has 0 radical (unpaired) electrons. The van der Waals surface area contributed by atoms with Gasteiger partial charge in [0.05, 0.1) is 28.5 Å². The minimum Gasteiger partial charge on any atom is -0.488 e. The van der Waals surface area contributed by atoms with Crippen LogP contribution in [0.1, 0.15) is 36.6 Å². The number of allylic oxidation sites excluding steroid dienone is 1. The van der Waals surface area contributed by atoms with Gasteiger partial charge in [0.2, 0.25) is 0 Å². The molecule has 0 bridgehead atoms. The highest BCUT2D eigenvalue weighted by Crippen LogP contribution is 2.32. The van der Waals surface area contributed by atoms with Gasteiger partial charge in [-0.05, 0) is 66.3 Å². The Bertz CT molecular complexity index is 2040. The Hall–Kier alpha value is -4.40. The van der Waals surface area contributed by atoms with Crippen LogP contribution in [0.15, 0.2) is 117 Å². The summed E-state index contributed by atoms with van der Waals surface area (Å²) in [6.45, 7) is 4.18. The summed E-state index contributed by atoms with van der Waals surface area (Å²) in [5.41, 5.74) is 3.39. The van der Waals surface area contributed by atoms with E-state index in [4.69, 9.17) is 14.5 Å². The lowest BCUT2D eigenvalue weighted by atomic mass is 9.96. The molecule has 216 valence electrons. The molecule has 1 unspecified atom stereocenters. The van der Waals surface area contributed by atoms with Crippen LogP contribution in [-0.4, -0.2) is 23.4 Å². The van der Waals surface area contributed by atoms with Crippen molar-refractivity contribution in [2.75, 3.05) is 12.9 Å². The lowest BCUT2D eigenvalue weighted by molar-refractivity contribution is -0.139. The molecule has 0 N–H and O–H groups in total. The smallest absolute Gasteiger partial charge is 0.338 e. The van der Waals surface area contributed by atoms with Crippen LogP contribution in [0.4, 0.5) is 0 Å². The molecule has 0 saturated heterocycles. The normalized spacial score (nSPS) is 14.9. The second-order valence-electron chi connectivity index (χ2n) is 10.0. The number of fused-ring (bicyclic) bond motifs is 2. The maximum absolute atomic E-state index is 14.1. The number of aromatic nitrogens is 1. The van der Waals surface area contributed by atoms with E-state index in [1.54, 1.807) is 30.2 Å². The zero-order valence-corrected chi connectivity index (χ0v) is 25.7. The standard InChI is InChI=1S/C35H30N2O4S2/c1-4-40-34(39)31-22(2)36-35-37(32(31)24-16-18-27(42-3)19-17-24)33(38)30(43-35)20-25-11-6-8-15-29(25)41-21-26-13-9-12-23-10-5-7-14-28(23)26/h5-20,32H,4,21H2,1-3H3. The van der Waals surface area contributed by atoms with Crippen molar-refractivity contribution in [3.8, 4) is 5.75 Å². The molecule has 6 nitrogen and oxygen atoms in total. The zero-order chi connectivity index (χ0) is 29.9. The van der Waals surface area contributed by atoms with Crippen LogP contribution >= 0.6 is 23.1 Å². The quantitative estimate of drug-likeness (QED) is 0.154. The van der Waals surface area contributed by atoms with Gasteiger partial charge in [-0.3, -0.25) is 9.36 Å².